The largest absolute Gasteiger partial charge is 0.338 e. The van der Waals surface area contributed by atoms with Crippen LogP contribution in [-0.4, -0.2) is 10.1 Å². The van der Waals surface area contributed by atoms with Crippen LogP contribution in [-0.2, 0) is 13.0 Å². The Morgan fingerprint density at radius 3 is 2.75 bits per heavy atom. The van der Waals surface area contributed by atoms with Gasteiger partial charge in [-0.05, 0) is 30.5 Å². The zero-order valence-corrected chi connectivity index (χ0v) is 9.53. The molecule has 0 radical (unpaired) electrons. The monoisotopic (exact) mass is 217 g/mol. The Balaban J connectivity index is 2.37. The highest BCUT2D eigenvalue weighted by Gasteiger charge is 2.08. The predicted octanol–water partition coefficient (Wildman–Crippen LogP) is 2.07. The van der Waals surface area contributed by atoms with E-state index in [-0.39, 0.29) is 6.54 Å². The van der Waals surface area contributed by atoms with Crippen molar-refractivity contribution in [3.05, 3.63) is 35.2 Å². The molecule has 0 unspecified atom stereocenters. The van der Waals surface area contributed by atoms with Gasteiger partial charge in [0.2, 0.25) is 11.7 Å². The smallest absolute Gasteiger partial charge is 0.240 e. The van der Waals surface area contributed by atoms with Crippen LogP contribution in [0.15, 0.2) is 22.7 Å². The third kappa shape index (κ3) is 1.97. The quantitative estimate of drug-likeness (QED) is 0.854. The maximum Gasteiger partial charge on any atom is 0.240 e. The second kappa shape index (κ2) is 4.45. The van der Waals surface area contributed by atoms with E-state index in [4.69, 9.17) is 10.3 Å². The fraction of sp³-hybridized carbons (Fsp3) is 0.333. The molecule has 0 spiro atoms. The Kier molecular flexibility index (Phi) is 3.01. The number of benzene rings is 1. The molecule has 0 aliphatic carbocycles. The van der Waals surface area contributed by atoms with Crippen molar-refractivity contribution < 1.29 is 4.52 Å². The summed E-state index contributed by atoms with van der Waals surface area (Å²) in [5.74, 6) is 1.07. The fourth-order valence-electron chi connectivity index (χ4n) is 1.69. The van der Waals surface area contributed by atoms with Crippen LogP contribution in [0.3, 0.4) is 0 Å². The average Bonchev–Trinajstić information content (AvgIpc) is 2.77. The van der Waals surface area contributed by atoms with Crippen LogP contribution < -0.4 is 5.73 Å². The van der Waals surface area contributed by atoms with Gasteiger partial charge in [0.25, 0.3) is 0 Å². The first-order valence-electron chi connectivity index (χ1n) is 5.37. The van der Waals surface area contributed by atoms with Crippen molar-refractivity contribution in [2.75, 3.05) is 0 Å². The molecule has 4 heteroatoms. The minimum atomic E-state index is 0.277. The Bertz CT molecular complexity index is 491. The van der Waals surface area contributed by atoms with Crippen LogP contribution in [0, 0.1) is 6.92 Å². The SMILES string of the molecule is CCc1ccc(-c2noc(CN)n2)cc1C. The molecule has 16 heavy (non-hydrogen) atoms. The minimum Gasteiger partial charge on any atom is -0.338 e. The van der Waals surface area contributed by atoms with Crippen molar-refractivity contribution in [3.8, 4) is 11.4 Å². The van der Waals surface area contributed by atoms with Gasteiger partial charge in [0.15, 0.2) is 0 Å². The van der Waals surface area contributed by atoms with Crippen molar-refractivity contribution in [2.45, 2.75) is 26.8 Å². The van der Waals surface area contributed by atoms with Gasteiger partial charge in [-0.15, -0.1) is 0 Å². The summed E-state index contributed by atoms with van der Waals surface area (Å²) in [4.78, 5) is 4.19. The Morgan fingerprint density at radius 2 is 2.19 bits per heavy atom. The molecule has 0 amide bonds. The molecule has 0 aliphatic heterocycles. The Morgan fingerprint density at radius 1 is 1.38 bits per heavy atom. The number of nitrogens with zero attached hydrogens (tertiary/aromatic N) is 2. The van der Waals surface area contributed by atoms with Crippen LogP contribution in [0.25, 0.3) is 11.4 Å². The standard InChI is InChI=1S/C12H15N3O/c1-3-9-4-5-10(6-8(9)2)12-14-11(7-13)16-15-12/h4-6H,3,7,13H2,1-2H3. The molecule has 0 bridgehead atoms. The van der Waals surface area contributed by atoms with Crippen LogP contribution in [0.4, 0.5) is 0 Å². The first kappa shape index (κ1) is 10.8. The zero-order valence-electron chi connectivity index (χ0n) is 9.53. The highest BCUT2D eigenvalue weighted by Crippen LogP contribution is 2.20. The lowest BCUT2D eigenvalue weighted by Gasteiger charge is -2.03. The summed E-state index contributed by atoms with van der Waals surface area (Å²) in [5, 5.41) is 3.89. The van der Waals surface area contributed by atoms with E-state index in [1.54, 1.807) is 0 Å². The number of aromatic nitrogens is 2. The van der Waals surface area contributed by atoms with Gasteiger partial charge in [0, 0.05) is 5.56 Å². The molecular weight excluding hydrogens is 202 g/mol. The van der Waals surface area contributed by atoms with Crippen LogP contribution in [0.1, 0.15) is 23.9 Å². The summed E-state index contributed by atoms with van der Waals surface area (Å²) < 4.78 is 4.98. The number of aryl methyl sites for hydroxylation is 2. The van der Waals surface area contributed by atoms with Gasteiger partial charge >= 0.3 is 0 Å². The van der Waals surface area contributed by atoms with Gasteiger partial charge in [0.05, 0.1) is 6.54 Å². The molecule has 0 fully saturated rings. The summed E-state index contributed by atoms with van der Waals surface area (Å²) in [5.41, 5.74) is 8.98. The lowest BCUT2D eigenvalue weighted by Crippen LogP contribution is -1.95. The van der Waals surface area contributed by atoms with Gasteiger partial charge < -0.3 is 10.3 Å². The molecule has 2 N–H and O–H groups in total. The first-order chi connectivity index (χ1) is 7.74. The Hall–Kier alpha value is -1.68. The molecule has 0 saturated heterocycles. The van der Waals surface area contributed by atoms with E-state index in [1.165, 1.54) is 11.1 Å². The number of nitrogens with two attached hydrogens (primary N) is 1. The average molecular weight is 217 g/mol. The number of rotatable bonds is 3. The zero-order chi connectivity index (χ0) is 11.5. The topological polar surface area (TPSA) is 64.9 Å². The summed E-state index contributed by atoms with van der Waals surface area (Å²) in [6.07, 6.45) is 1.03. The summed E-state index contributed by atoms with van der Waals surface area (Å²) >= 11 is 0. The molecule has 0 saturated carbocycles. The maximum absolute atomic E-state index is 5.42. The third-order valence-corrected chi connectivity index (χ3v) is 2.62. The predicted molar refractivity (Wildman–Crippen MR) is 61.7 cm³/mol. The molecule has 84 valence electrons. The highest BCUT2D eigenvalue weighted by molar-refractivity contribution is 5.56. The second-order valence-electron chi connectivity index (χ2n) is 3.71. The molecule has 1 heterocycles. The van der Waals surface area contributed by atoms with Gasteiger partial charge in [-0.2, -0.15) is 4.98 Å². The molecule has 1 aromatic carbocycles. The normalized spacial score (nSPS) is 10.7. The van der Waals surface area contributed by atoms with Crippen molar-refractivity contribution in [2.24, 2.45) is 5.73 Å². The van der Waals surface area contributed by atoms with Crippen LogP contribution in [0.2, 0.25) is 0 Å². The molecule has 1 aromatic heterocycles. The molecule has 2 rings (SSSR count). The molecule has 0 aliphatic rings. The third-order valence-electron chi connectivity index (χ3n) is 2.62. The molecule has 4 nitrogen and oxygen atoms in total. The van der Waals surface area contributed by atoms with Gasteiger partial charge in [-0.25, -0.2) is 0 Å². The molecule has 2 aromatic rings. The second-order valence-corrected chi connectivity index (χ2v) is 3.71. The number of hydrogen-bond donors (Lipinski definition) is 1. The van der Waals surface area contributed by atoms with Crippen molar-refractivity contribution in [1.82, 2.24) is 10.1 Å². The van der Waals surface area contributed by atoms with Crippen molar-refractivity contribution >= 4 is 0 Å². The van der Waals surface area contributed by atoms with E-state index >= 15 is 0 Å². The van der Waals surface area contributed by atoms with E-state index in [2.05, 4.69) is 36.1 Å². The van der Waals surface area contributed by atoms with Crippen LogP contribution in [0.5, 0.6) is 0 Å². The first-order valence-corrected chi connectivity index (χ1v) is 5.37. The van der Waals surface area contributed by atoms with E-state index in [1.807, 2.05) is 6.07 Å². The number of hydrogen-bond acceptors (Lipinski definition) is 4. The van der Waals surface area contributed by atoms with E-state index in [0.29, 0.717) is 11.7 Å². The van der Waals surface area contributed by atoms with E-state index < -0.39 is 0 Å². The summed E-state index contributed by atoms with van der Waals surface area (Å²) in [6, 6.07) is 6.18. The van der Waals surface area contributed by atoms with Crippen molar-refractivity contribution in [1.29, 1.82) is 0 Å². The Labute approximate surface area is 94.5 Å². The highest BCUT2D eigenvalue weighted by atomic mass is 16.5. The molecular formula is C12H15N3O. The minimum absolute atomic E-state index is 0.277. The summed E-state index contributed by atoms with van der Waals surface area (Å²) in [7, 11) is 0. The lowest BCUT2D eigenvalue weighted by molar-refractivity contribution is 0.380. The lowest BCUT2D eigenvalue weighted by atomic mass is 10.0. The van der Waals surface area contributed by atoms with E-state index in [9.17, 15) is 0 Å². The summed E-state index contributed by atoms with van der Waals surface area (Å²) in [6.45, 7) is 4.51. The fourth-order valence-corrected chi connectivity index (χ4v) is 1.69. The molecule has 0 atom stereocenters. The van der Waals surface area contributed by atoms with Crippen molar-refractivity contribution in [3.63, 3.8) is 0 Å². The van der Waals surface area contributed by atoms with Gasteiger partial charge in [-0.3, -0.25) is 0 Å². The van der Waals surface area contributed by atoms with Crippen LogP contribution >= 0.6 is 0 Å². The van der Waals surface area contributed by atoms with E-state index in [0.717, 1.165) is 12.0 Å². The van der Waals surface area contributed by atoms with Gasteiger partial charge in [-0.1, -0.05) is 24.2 Å². The maximum atomic E-state index is 5.42. The van der Waals surface area contributed by atoms with Gasteiger partial charge in [0.1, 0.15) is 0 Å².